The summed E-state index contributed by atoms with van der Waals surface area (Å²) >= 11 is 0. The maximum atomic E-state index is 13.3. The van der Waals surface area contributed by atoms with Crippen molar-refractivity contribution >= 4 is 27.3 Å². The molecule has 2 aromatic carbocycles. The molecular weight excluding hydrogens is 426 g/mol. The van der Waals surface area contributed by atoms with Crippen LogP contribution in [0.2, 0.25) is 0 Å². The molecule has 1 N–H and O–H groups in total. The summed E-state index contributed by atoms with van der Waals surface area (Å²) in [7, 11) is -3.68. The third kappa shape index (κ3) is 5.49. The number of carbonyl (C=O) groups excluding carboxylic acids is 1. The molecule has 0 atom stereocenters. The Balaban J connectivity index is 1.96. The lowest BCUT2D eigenvalue weighted by molar-refractivity contribution is 0.102. The van der Waals surface area contributed by atoms with Crippen LogP contribution in [-0.2, 0) is 21.2 Å². The molecule has 1 saturated heterocycles. The molecule has 0 saturated carbocycles. The lowest BCUT2D eigenvalue weighted by atomic mass is 10.1. The summed E-state index contributed by atoms with van der Waals surface area (Å²) in [6.07, 6.45) is 2.04. The zero-order valence-electron chi connectivity index (χ0n) is 19.1. The van der Waals surface area contributed by atoms with E-state index in [1.165, 1.54) is 15.9 Å². The summed E-state index contributed by atoms with van der Waals surface area (Å²) in [6.45, 7) is 8.91. The number of nitrogens with one attached hydrogen (secondary N) is 1. The van der Waals surface area contributed by atoms with E-state index in [-0.39, 0.29) is 10.8 Å². The molecule has 0 unspecified atom stereocenters. The summed E-state index contributed by atoms with van der Waals surface area (Å²) in [6, 6.07) is 12.6. The standard InChI is InChI=1S/C24H33N3O4S/c1-4-7-19-8-10-20(11-9-19)25-24(28)22-18-21(32(29,30)27(5-2)6-3)12-13-23(22)26-14-16-31-17-15-26/h8-13,18H,4-7,14-17H2,1-3H3,(H,25,28). The number of hydrogen-bond donors (Lipinski definition) is 1. The van der Waals surface area contributed by atoms with Crippen molar-refractivity contribution in [1.29, 1.82) is 0 Å². The number of anilines is 2. The number of hydrogen-bond acceptors (Lipinski definition) is 5. The average molecular weight is 460 g/mol. The SMILES string of the molecule is CCCc1ccc(NC(=O)c2cc(S(=O)(=O)N(CC)CC)ccc2N2CCOCC2)cc1. The first kappa shape index (κ1) is 24.2. The maximum Gasteiger partial charge on any atom is 0.257 e. The third-order valence-corrected chi connectivity index (χ3v) is 7.70. The Labute approximate surface area is 191 Å². The number of rotatable bonds is 9. The van der Waals surface area contributed by atoms with Gasteiger partial charge >= 0.3 is 0 Å². The number of carbonyl (C=O) groups is 1. The third-order valence-electron chi connectivity index (χ3n) is 5.66. The molecule has 3 rings (SSSR count). The van der Waals surface area contributed by atoms with Gasteiger partial charge in [-0.3, -0.25) is 4.79 Å². The maximum absolute atomic E-state index is 13.3. The van der Waals surface area contributed by atoms with Crippen molar-refractivity contribution in [3.63, 3.8) is 0 Å². The fourth-order valence-electron chi connectivity index (χ4n) is 3.89. The highest BCUT2D eigenvalue weighted by molar-refractivity contribution is 7.89. The van der Waals surface area contributed by atoms with Crippen LogP contribution in [0.1, 0.15) is 43.1 Å². The average Bonchev–Trinajstić information content (AvgIpc) is 2.81. The highest BCUT2D eigenvalue weighted by Gasteiger charge is 2.26. The second-order valence-electron chi connectivity index (χ2n) is 7.77. The molecular formula is C24H33N3O4S. The fraction of sp³-hybridized carbons (Fsp3) is 0.458. The van der Waals surface area contributed by atoms with Crippen molar-refractivity contribution in [2.75, 3.05) is 49.6 Å². The van der Waals surface area contributed by atoms with E-state index in [1.807, 2.05) is 24.3 Å². The first-order chi connectivity index (χ1) is 15.4. The van der Waals surface area contributed by atoms with Crippen LogP contribution in [0.5, 0.6) is 0 Å². The van der Waals surface area contributed by atoms with E-state index in [4.69, 9.17) is 4.74 Å². The predicted octanol–water partition coefficient (Wildman–Crippen LogP) is 3.76. The smallest absolute Gasteiger partial charge is 0.257 e. The molecule has 1 fully saturated rings. The van der Waals surface area contributed by atoms with Crippen LogP contribution in [0.15, 0.2) is 47.4 Å². The highest BCUT2D eigenvalue weighted by Crippen LogP contribution is 2.28. The fourth-order valence-corrected chi connectivity index (χ4v) is 5.38. The topological polar surface area (TPSA) is 79.0 Å². The van der Waals surface area contributed by atoms with Gasteiger partial charge in [0.05, 0.1) is 23.7 Å². The lowest BCUT2D eigenvalue weighted by Gasteiger charge is -2.30. The first-order valence-corrected chi connectivity index (χ1v) is 12.7. The zero-order chi connectivity index (χ0) is 23.1. The number of ether oxygens (including phenoxy) is 1. The van der Waals surface area contributed by atoms with Crippen LogP contribution >= 0.6 is 0 Å². The van der Waals surface area contributed by atoms with Crippen LogP contribution < -0.4 is 10.2 Å². The first-order valence-electron chi connectivity index (χ1n) is 11.3. The van der Waals surface area contributed by atoms with Crippen LogP contribution in [0.3, 0.4) is 0 Å². The molecule has 1 aliphatic rings. The molecule has 0 radical (unpaired) electrons. The molecule has 174 valence electrons. The van der Waals surface area contributed by atoms with Crippen LogP contribution in [0.25, 0.3) is 0 Å². The molecule has 0 bridgehead atoms. The predicted molar refractivity (Wildman–Crippen MR) is 128 cm³/mol. The molecule has 1 amide bonds. The molecule has 0 aromatic heterocycles. The van der Waals surface area contributed by atoms with Crippen LogP contribution in [-0.4, -0.2) is 58.0 Å². The Hall–Kier alpha value is -2.42. The molecule has 7 nitrogen and oxygen atoms in total. The molecule has 1 aliphatic heterocycles. The molecule has 8 heteroatoms. The number of amides is 1. The van der Waals surface area contributed by atoms with Crippen molar-refractivity contribution in [2.24, 2.45) is 0 Å². The summed E-state index contributed by atoms with van der Waals surface area (Å²) in [5.74, 6) is -0.327. The lowest BCUT2D eigenvalue weighted by Crippen LogP contribution is -2.37. The number of sulfonamides is 1. The van der Waals surface area contributed by atoms with Gasteiger partial charge in [0.15, 0.2) is 0 Å². The van der Waals surface area contributed by atoms with Gasteiger partial charge in [-0.2, -0.15) is 4.31 Å². The Bertz CT molecular complexity index is 1010. The van der Waals surface area contributed by atoms with Gasteiger partial charge in [-0.25, -0.2) is 8.42 Å². The Morgan fingerprint density at radius 1 is 1.03 bits per heavy atom. The molecule has 32 heavy (non-hydrogen) atoms. The summed E-state index contributed by atoms with van der Waals surface area (Å²) in [5.41, 5.74) is 2.95. The van der Waals surface area contributed by atoms with E-state index < -0.39 is 10.0 Å². The monoisotopic (exact) mass is 459 g/mol. The van der Waals surface area contributed by atoms with E-state index in [0.29, 0.717) is 56.3 Å². The van der Waals surface area contributed by atoms with Crippen LogP contribution in [0.4, 0.5) is 11.4 Å². The number of nitrogens with zero attached hydrogens (tertiary/aromatic N) is 2. The Kier molecular flexibility index (Phi) is 8.28. The van der Waals surface area contributed by atoms with E-state index in [0.717, 1.165) is 12.8 Å². The van der Waals surface area contributed by atoms with Crippen molar-refractivity contribution in [3.8, 4) is 0 Å². The molecule has 0 spiro atoms. The van der Waals surface area contributed by atoms with Gasteiger partial charge in [-0.15, -0.1) is 0 Å². The van der Waals surface area contributed by atoms with Gasteiger partial charge < -0.3 is 15.0 Å². The zero-order valence-corrected chi connectivity index (χ0v) is 20.0. The molecule has 2 aromatic rings. The van der Waals surface area contributed by atoms with Crippen LogP contribution in [0, 0.1) is 0 Å². The van der Waals surface area contributed by atoms with Gasteiger partial charge in [0.2, 0.25) is 10.0 Å². The number of benzene rings is 2. The van der Waals surface area contributed by atoms with Crippen molar-refractivity contribution in [1.82, 2.24) is 4.31 Å². The normalized spacial score (nSPS) is 14.6. The van der Waals surface area contributed by atoms with E-state index in [2.05, 4.69) is 17.1 Å². The van der Waals surface area contributed by atoms with E-state index in [9.17, 15) is 13.2 Å². The van der Waals surface area contributed by atoms with Crippen molar-refractivity contribution in [3.05, 3.63) is 53.6 Å². The van der Waals surface area contributed by atoms with Gasteiger partial charge in [0.1, 0.15) is 0 Å². The quantitative estimate of drug-likeness (QED) is 0.618. The van der Waals surface area contributed by atoms with E-state index in [1.54, 1.807) is 26.0 Å². The van der Waals surface area contributed by atoms with Gasteiger partial charge in [0, 0.05) is 37.6 Å². The van der Waals surface area contributed by atoms with Gasteiger partial charge in [-0.1, -0.05) is 39.3 Å². The summed E-state index contributed by atoms with van der Waals surface area (Å²) in [5, 5.41) is 2.94. The minimum atomic E-state index is -3.68. The van der Waals surface area contributed by atoms with Crippen molar-refractivity contribution in [2.45, 2.75) is 38.5 Å². The van der Waals surface area contributed by atoms with Gasteiger partial charge in [0.25, 0.3) is 5.91 Å². The minimum absolute atomic E-state index is 0.127. The second kappa shape index (κ2) is 10.9. The summed E-state index contributed by atoms with van der Waals surface area (Å²) in [4.78, 5) is 15.5. The second-order valence-corrected chi connectivity index (χ2v) is 9.71. The van der Waals surface area contributed by atoms with Crippen molar-refractivity contribution < 1.29 is 17.9 Å². The molecule has 0 aliphatic carbocycles. The largest absolute Gasteiger partial charge is 0.378 e. The summed E-state index contributed by atoms with van der Waals surface area (Å²) < 4.78 is 33.0. The number of morpholine rings is 1. The Morgan fingerprint density at radius 2 is 1.69 bits per heavy atom. The number of aryl methyl sites for hydroxylation is 1. The minimum Gasteiger partial charge on any atom is -0.378 e. The van der Waals surface area contributed by atoms with E-state index >= 15 is 0 Å². The highest BCUT2D eigenvalue weighted by atomic mass is 32.2. The molecule has 1 heterocycles. The Morgan fingerprint density at radius 3 is 2.28 bits per heavy atom. The van der Waals surface area contributed by atoms with Gasteiger partial charge in [-0.05, 0) is 42.3 Å².